The average molecular weight is 287 g/mol. The molecule has 4 nitrogen and oxygen atoms in total. The molecule has 0 aliphatic heterocycles. The predicted molar refractivity (Wildman–Crippen MR) is 65.4 cm³/mol. The Balaban J connectivity index is 0. The van der Waals surface area contributed by atoms with Crippen molar-refractivity contribution in [1.29, 1.82) is 0 Å². The molecule has 0 N–H and O–H groups in total. The fourth-order valence-electron chi connectivity index (χ4n) is 1.77. The Morgan fingerprint density at radius 1 is 0.833 bits per heavy atom. The van der Waals surface area contributed by atoms with Gasteiger partial charge in [0.15, 0.2) is 0 Å². The first-order valence-electron chi connectivity index (χ1n) is 6.73. The Morgan fingerprint density at radius 3 is 1.61 bits per heavy atom. The Hall–Kier alpha value is 1.11. The third-order valence-corrected chi connectivity index (χ3v) is 3.25. The van der Waals surface area contributed by atoms with Crippen LogP contribution < -0.4 is 39.3 Å². The van der Waals surface area contributed by atoms with Crippen molar-refractivity contribution in [2.24, 2.45) is 0 Å². The summed E-state index contributed by atoms with van der Waals surface area (Å²) in [6.45, 7) is 2.26. The zero-order chi connectivity index (χ0) is 13.0. The minimum atomic E-state index is -4.74. The summed E-state index contributed by atoms with van der Waals surface area (Å²) in [5, 5.41) is 0. The summed E-state index contributed by atoms with van der Waals surface area (Å²) in [6, 6.07) is 0. The van der Waals surface area contributed by atoms with Gasteiger partial charge in [-0.25, -0.2) is 0 Å². The van der Waals surface area contributed by atoms with Crippen LogP contribution in [-0.2, 0) is 9.09 Å². The molecular formula is C12H25NaO4P-. The zero-order valence-corrected chi connectivity index (χ0v) is 14.8. The third kappa shape index (κ3) is 19.4. The maximum absolute atomic E-state index is 10.1. The van der Waals surface area contributed by atoms with Gasteiger partial charge < -0.3 is 18.9 Å². The molecule has 0 aliphatic rings. The monoisotopic (exact) mass is 287 g/mol. The van der Waals surface area contributed by atoms with Crippen molar-refractivity contribution >= 4 is 7.82 Å². The summed E-state index contributed by atoms with van der Waals surface area (Å²) in [5.41, 5.74) is 0. The molecule has 0 rings (SSSR count). The summed E-state index contributed by atoms with van der Waals surface area (Å²) in [4.78, 5) is 20.3. The van der Waals surface area contributed by atoms with Crippen molar-refractivity contribution < 1.29 is 48.4 Å². The Bertz CT molecular complexity index is 208. The largest absolute Gasteiger partial charge is 1.00 e. The minimum absolute atomic E-state index is 0. The summed E-state index contributed by atoms with van der Waals surface area (Å²) < 4.78 is 14.3. The quantitative estimate of drug-likeness (QED) is 0.282. The molecular weight excluding hydrogens is 262 g/mol. The van der Waals surface area contributed by atoms with Gasteiger partial charge >= 0.3 is 29.6 Å². The van der Waals surface area contributed by atoms with Crippen LogP contribution in [0.5, 0.6) is 0 Å². The SMILES string of the molecule is CCCCCCCCCCCCOP(=O)([O-])[O-].[Na+]. The number of hydrogen-bond acceptors (Lipinski definition) is 4. The van der Waals surface area contributed by atoms with E-state index in [1.165, 1.54) is 44.9 Å². The Labute approximate surface area is 133 Å². The van der Waals surface area contributed by atoms with Gasteiger partial charge in [0.2, 0.25) is 0 Å². The molecule has 0 spiro atoms. The number of unbranched alkanes of at least 4 members (excludes halogenated alkanes) is 9. The Kier molecular flexibility index (Phi) is 17.3. The van der Waals surface area contributed by atoms with Gasteiger partial charge in [-0.2, -0.15) is 0 Å². The molecule has 0 saturated heterocycles. The van der Waals surface area contributed by atoms with Crippen LogP contribution in [0.1, 0.15) is 71.1 Å². The van der Waals surface area contributed by atoms with E-state index in [1.54, 1.807) is 0 Å². The van der Waals surface area contributed by atoms with E-state index in [2.05, 4.69) is 11.4 Å². The van der Waals surface area contributed by atoms with E-state index in [9.17, 15) is 14.4 Å². The van der Waals surface area contributed by atoms with Gasteiger partial charge in [-0.1, -0.05) is 64.7 Å². The molecule has 0 radical (unpaired) electrons. The number of phosphoric ester groups is 1. The van der Waals surface area contributed by atoms with Gasteiger partial charge in [0.25, 0.3) is 0 Å². The van der Waals surface area contributed by atoms with Crippen LogP contribution in [0, 0.1) is 0 Å². The van der Waals surface area contributed by atoms with Crippen molar-refractivity contribution in [3.8, 4) is 0 Å². The van der Waals surface area contributed by atoms with Gasteiger partial charge in [-0.15, -0.1) is 0 Å². The molecule has 0 aromatic heterocycles. The maximum Gasteiger partial charge on any atom is 1.00 e. The summed E-state index contributed by atoms with van der Waals surface area (Å²) in [5.74, 6) is 0. The summed E-state index contributed by atoms with van der Waals surface area (Å²) in [6.07, 6.45) is 11.7. The van der Waals surface area contributed by atoms with Crippen molar-refractivity contribution in [2.45, 2.75) is 71.1 Å². The predicted octanol–water partition coefficient (Wildman–Crippen LogP) is -0.243. The van der Waals surface area contributed by atoms with Gasteiger partial charge in [-0.05, 0) is 6.42 Å². The first-order chi connectivity index (χ1) is 8.06. The average Bonchev–Trinajstić information content (AvgIpc) is 2.24. The standard InChI is InChI=1S/C12H27O4P.Na/c1-2-3-4-5-6-7-8-9-10-11-12-16-17(13,14)15;/h2-12H2,1H3,(H2,13,14,15);/q;+1/p-2. The van der Waals surface area contributed by atoms with Crippen LogP contribution in [0.2, 0.25) is 0 Å². The summed E-state index contributed by atoms with van der Waals surface area (Å²) >= 11 is 0. The first-order valence-corrected chi connectivity index (χ1v) is 8.19. The smallest absolute Gasteiger partial charge is 0.790 e. The van der Waals surface area contributed by atoms with Gasteiger partial charge in [0, 0.05) is 0 Å². The number of phosphoric acid groups is 1. The second-order valence-corrected chi connectivity index (χ2v) is 5.62. The van der Waals surface area contributed by atoms with E-state index in [4.69, 9.17) is 0 Å². The molecule has 104 valence electrons. The molecule has 0 aromatic rings. The topological polar surface area (TPSA) is 72.4 Å². The van der Waals surface area contributed by atoms with Gasteiger partial charge in [0.05, 0.1) is 14.4 Å². The van der Waals surface area contributed by atoms with Gasteiger partial charge in [0.1, 0.15) is 0 Å². The fourth-order valence-corrected chi connectivity index (χ4v) is 2.12. The van der Waals surface area contributed by atoms with Crippen LogP contribution in [0.3, 0.4) is 0 Å². The number of rotatable bonds is 12. The molecule has 0 aromatic carbocycles. The van der Waals surface area contributed by atoms with Crippen LogP contribution >= 0.6 is 7.82 Å². The van der Waals surface area contributed by atoms with E-state index >= 15 is 0 Å². The van der Waals surface area contributed by atoms with Crippen LogP contribution in [0.4, 0.5) is 0 Å². The third-order valence-electron chi connectivity index (χ3n) is 2.75. The molecule has 0 unspecified atom stereocenters. The fraction of sp³-hybridized carbons (Fsp3) is 1.00. The molecule has 0 heterocycles. The van der Waals surface area contributed by atoms with E-state index < -0.39 is 7.82 Å². The molecule has 6 heteroatoms. The molecule has 0 atom stereocenters. The molecule has 18 heavy (non-hydrogen) atoms. The van der Waals surface area contributed by atoms with E-state index in [0.29, 0.717) is 6.42 Å². The van der Waals surface area contributed by atoms with E-state index in [1.807, 2.05) is 0 Å². The minimum Gasteiger partial charge on any atom is -0.790 e. The molecule has 0 amide bonds. The van der Waals surface area contributed by atoms with Gasteiger partial charge in [-0.3, -0.25) is 0 Å². The van der Waals surface area contributed by atoms with Crippen LogP contribution in [0.25, 0.3) is 0 Å². The zero-order valence-electron chi connectivity index (χ0n) is 11.9. The Morgan fingerprint density at radius 2 is 1.22 bits per heavy atom. The van der Waals surface area contributed by atoms with Crippen molar-refractivity contribution in [2.75, 3.05) is 6.61 Å². The molecule has 0 bridgehead atoms. The second kappa shape index (κ2) is 14.5. The van der Waals surface area contributed by atoms with Crippen LogP contribution in [-0.4, -0.2) is 6.61 Å². The summed E-state index contributed by atoms with van der Waals surface area (Å²) in [7, 11) is -4.74. The van der Waals surface area contributed by atoms with Crippen molar-refractivity contribution in [1.82, 2.24) is 0 Å². The number of hydrogen-bond donors (Lipinski definition) is 0. The molecule has 0 saturated carbocycles. The normalized spacial score (nSPS) is 11.3. The van der Waals surface area contributed by atoms with Crippen molar-refractivity contribution in [3.63, 3.8) is 0 Å². The molecule has 0 aliphatic carbocycles. The van der Waals surface area contributed by atoms with E-state index in [0.717, 1.165) is 12.8 Å². The first kappa shape index (κ1) is 21.4. The van der Waals surface area contributed by atoms with E-state index in [-0.39, 0.29) is 36.2 Å². The molecule has 0 fully saturated rings. The van der Waals surface area contributed by atoms with Crippen LogP contribution in [0.15, 0.2) is 0 Å². The second-order valence-electron chi connectivity index (χ2n) is 4.46. The van der Waals surface area contributed by atoms with Crippen molar-refractivity contribution in [3.05, 3.63) is 0 Å². The maximum atomic E-state index is 10.1.